The Morgan fingerprint density at radius 2 is 2.05 bits per heavy atom. The van der Waals surface area contributed by atoms with Gasteiger partial charge >= 0.3 is 0 Å². The fourth-order valence-electron chi connectivity index (χ4n) is 2.61. The van der Waals surface area contributed by atoms with Gasteiger partial charge in [-0.1, -0.05) is 0 Å². The summed E-state index contributed by atoms with van der Waals surface area (Å²) in [5.74, 6) is 0. The van der Waals surface area contributed by atoms with Crippen LogP contribution in [0.5, 0.6) is 0 Å². The first-order chi connectivity index (χ1) is 9.25. The quantitative estimate of drug-likeness (QED) is 0.823. The zero-order valence-corrected chi connectivity index (χ0v) is 11.4. The fraction of sp³-hybridized carbons (Fsp3) is 0.286. The molecule has 0 aliphatic carbocycles. The van der Waals surface area contributed by atoms with Crippen LogP contribution in [0.1, 0.15) is 12.8 Å². The number of fused-ring (bicyclic) bond motifs is 1. The van der Waals surface area contributed by atoms with Gasteiger partial charge in [0.2, 0.25) is 0 Å². The molecule has 2 heterocycles. The third kappa shape index (κ3) is 2.33. The third-order valence-corrected chi connectivity index (χ3v) is 3.56. The molecule has 1 fully saturated rings. The van der Waals surface area contributed by atoms with E-state index in [1.165, 1.54) is 18.5 Å². The molecule has 0 radical (unpaired) electrons. The molecule has 3 rings (SSSR count). The summed E-state index contributed by atoms with van der Waals surface area (Å²) in [5, 5.41) is 4.35. The van der Waals surface area contributed by atoms with Crippen LogP contribution in [0.4, 0.5) is 11.4 Å². The number of hydrogen-bond acceptors (Lipinski definition) is 3. The van der Waals surface area contributed by atoms with Crippen molar-refractivity contribution < 1.29 is 0 Å². The number of rotatable bonds is 2. The monoisotopic (exact) mass is 272 g/mol. The van der Waals surface area contributed by atoms with Crippen molar-refractivity contribution in [2.24, 2.45) is 5.73 Å². The third-order valence-electron chi connectivity index (χ3n) is 3.45. The van der Waals surface area contributed by atoms with E-state index in [1.807, 2.05) is 24.4 Å². The minimum absolute atomic E-state index is 0.277. The maximum Gasteiger partial charge on any atom is 0.168 e. The number of pyridine rings is 1. The van der Waals surface area contributed by atoms with E-state index in [-0.39, 0.29) is 5.11 Å². The predicted octanol–water partition coefficient (Wildman–Crippen LogP) is 2.49. The van der Waals surface area contributed by atoms with Gasteiger partial charge in [-0.25, -0.2) is 0 Å². The van der Waals surface area contributed by atoms with Crippen LogP contribution in [0, 0.1) is 0 Å². The molecule has 0 bridgehead atoms. The molecule has 1 saturated heterocycles. The van der Waals surface area contributed by atoms with E-state index in [9.17, 15) is 0 Å². The minimum Gasteiger partial charge on any atom is -0.376 e. The second-order valence-corrected chi connectivity index (χ2v) is 5.16. The number of anilines is 2. The summed E-state index contributed by atoms with van der Waals surface area (Å²) < 4.78 is 0. The van der Waals surface area contributed by atoms with E-state index < -0.39 is 0 Å². The zero-order chi connectivity index (χ0) is 13.2. The number of aromatic nitrogens is 1. The molecule has 1 aromatic carbocycles. The van der Waals surface area contributed by atoms with Crippen molar-refractivity contribution >= 4 is 39.6 Å². The van der Waals surface area contributed by atoms with Gasteiger partial charge in [0, 0.05) is 30.4 Å². The molecule has 0 spiro atoms. The van der Waals surface area contributed by atoms with E-state index in [1.54, 1.807) is 0 Å². The molecule has 3 N–H and O–H groups in total. The second kappa shape index (κ2) is 5.01. The normalized spacial score (nSPS) is 14.8. The van der Waals surface area contributed by atoms with Crippen molar-refractivity contribution in [1.82, 2.24) is 4.98 Å². The molecule has 1 aliphatic rings. The van der Waals surface area contributed by atoms with Crippen LogP contribution in [-0.2, 0) is 0 Å². The average Bonchev–Trinajstić information content (AvgIpc) is 2.92. The molecule has 5 heteroatoms. The lowest BCUT2D eigenvalue weighted by atomic mass is 10.1. The molecule has 19 heavy (non-hydrogen) atoms. The Labute approximate surface area is 117 Å². The Morgan fingerprint density at radius 1 is 1.26 bits per heavy atom. The smallest absolute Gasteiger partial charge is 0.168 e. The predicted molar refractivity (Wildman–Crippen MR) is 83.6 cm³/mol. The largest absolute Gasteiger partial charge is 0.376 e. The number of benzene rings is 1. The summed E-state index contributed by atoms with van der Waals surface area (Å²) in [5.41, 5.74) is 8.68. The Hall–Kier alpha value is -1.88. The van der Waals surface area contributed by atoms with Gasteiger partial charge in [0.1, 0.15) is 0 Å². The average molecular weight is 272 g/mol. The van der Waals surface area contributed by atoms with Gasteiger partial charge in [-0.2, -0.15) is 0 Å². The molecular formula is C14H16N4S. The lowest BCUT2D eigenvalue weighted by Crippen LogP contribution is -2.20. The number of nitrogens with one attached hydrogen (secondary N) is 1. The number of hydrogen-bond donors (Lipinski definition) is 2. The van der Waals surface area contributed by atoms with Crippen LogP contribution in [0.15, 0.2) is 30.5 Å². The molecule has 1 aromatic heterocycles. The van der Waals surface area contributed by atoms with Crippen LogP contribution in [0.25, 0.3) is 10.9 Å². The summed E-state index contributed by atoms with van der Waals surface area (Å²) in [6.07, 6.45) is 4.33. The van der Waals surface area contributed by atoms with E-state index >= 15 is 0 Å². The van der Waals surface area contributed by atoms with E-state index in [2.05, 4.69) is 21.3 Å². The van der Waals surface area contributed by atoms with Crippen LogP contribution in [0.3, 0.4) is 0 Å². The van der Waals surface area contributed by atoms with Crippen molar-refractivity contribution in [2.45, 2.75) is 12.8 Å². The van der Waals surface area contributed by atoms with Crippen molar-refractivity contribution in [3.8, 4) is 0 Å². The Morgan fingerprint density at radius 3 is 2.79 bits per heavy atom. The van der Waals surface area contributed by atoms with Crippen molar-refractivity contribution in [2.75, 3.05) is 23.3 Å². The maximum absolute atomic E-state index is 5.57. The first-order valence-corrected chi connectivity index (χ1v) is 6.85. The second-order valence-electron chi connectivity index (χ2n) is 4.72. The van der Waals surface area contributed by atoms with Crippen molar-refractivity contribution in [1.29, 1.82) is 0 Å². The van der Waals surface area contributed by atoms with Gasteiger partial charge in [0.25, 0.3) is 0 Å². The van der Waals surface area contributed by atoms with Gasteiger partial charge in [-0.15, -0.1) is 0 Å². The topological polar surface area (TPSA) is 54.2 Å². The van der Waals surface area contributed by atoms with Crippen LogP contribution in [0.2, 0.25) is 0 Å². The first-order valence-electron chi connectivity index (χ1n) is 6.45. The maximum atomic E-state index is 5.57. The Bertz CT molecular complexity index is 620. The van der Waals surface area contributed by atoms with Gasteiger partial charge < -0.3 is 16.0 Å². The summed E-state index contributed by atoms with van der Waals surface area (Å²) >= 11 is 4.92. The van der Waals surface area contributed by atoms with Crippen molar-refractivity contribution in [3.05, 3.63) is 30.5 Å². The molecule has 1 aliphatic heterocycles. The molecule has 0 saturated carbocycles. The summed E-state index contributed by atoms with van der Waals surface area (Å²) in [7, 11) is 0. The molecular weight excluding hydrogens is 256 g/mol. The summed E-state index contributed by atoms with van der Waals surface area (Å²) in [4.78, 5) is 6.92. The minimum atomic E-state index is 0.277. The summed E-state index contributed by atoms with van der Waals surface area (Å²) in [6.45, 7) is 2.21. The molecule has 0 amide bonds. The molecule has 2 aromatic rings. The highest BCUT2D eigenvalue weighted by Gasteiger charge is 2.16. The highest BCUT2D eigenvalue weighted by Crippen LogP contribution is 2.32. The summed E-state index contributed by atoms with van der Waals surface area (Å²) in [6, 6.07) is 8.10. The van der Waals surface area contributed by atoms with Gasteiger partial charge in [-0.05, 0) is 49.3 Å². The molecule has 0 atom stereocenters. The van der Waals surface area contributed by atoms with E-state index in [4.69, 9.17) is 18.0 Å². The van der Waals surface area contributed by atoms with Gasteiger partial charge in [-0.3, -0.25) is 4.98 Å². The number of nitrogens with zero attached hydrogens (tertiary/aromatic N) is 2. The van der Waals surface area contributed by atoms with Crippen LogP contribution in [-0.4, -0.2) is 23.2 Å². The molecule has 0 unspecified atom stereocenters. The Balaban J connectivity index is 2.12. The number of thiocarbonyl (C=S) groups is 1. The van der Waals surface area contributed by atoms with Gasteiger partial charge in [0.15, 0.2) is 5.11 Å². The lowest BCUT2D eigenvalue weighted by Gasteiger charge is -2.20. The highest BCUT2D eigenvalue weighted by molar-refractivity contribution is 7.80. The highest BCUT2D eigenvalue weighted by atomic mass is 32.1. The van der Waals surface area contributed by atoms with E-state index in [0.717, 1.165) is 29.7 Å². The number of nitrogens with two attached hydrogens (primary N) is 1. The van der Waals surface area contributed by atoms with Crippen LogP contribution < -0.4 is 16.0 Å². The molecule has 4 nitrogen and oxygen atoms in total. The zero-order valence-electron chi connectivity index (χ0n) is 10.6. The van der Waals surface area contributed by atoms with Gasteiger partial charge in [0.05, 0.1) is 11.2 Å². The van der Waals surface area contributed by atoms with Crippen molar-refractivity contribution in [3.63, 3.8) is 0 Å². The first kappa shape index (κ1) is 12.2. The SMILES string of the molecule is NC(=S)Nc1ccc(N2CCCC2)c2ncccc12. The van der Waals surface area contributed by atoms with Crippen LogP contribution >= 0.6 is 12.2 Å². The Kier molecular flexibility index (Phi) is 3.21. The van der Waals surface area contributed by atoms with E-state index in [0.29, 0.717) is 0 Å². The lowest BCUT2D eigenvalue weighted by molar-refractivity contribution is 0.949. The molecule has 98 valence electrons. The fourth-order valence-corrected chi connectivity index (χ4v) is 2.72. The standard InChI is InChI=1S/C14H16N4S/c15-14(19)17-11-5-6-12(18-8-1-2-9-18)13-10(11)4-3-7-16-13/h3-7H,1-2,8-9H2,(H3,15,17,19).